The lowest BCUT2D eigenvalue weighted by molar-refractivity contribution is -0.150. The molecule has 0 aromatic heterocycles. The molecule has 4 nitrogen and oxygen atoms in total. The summed E-state index contributed by atoms with van der Waals surface area (Å²) in [6, 6.07) is 4.47. The fourth-order valence-electron chi connectivity index (χ4n) is 2.47. The molecule has 0 saturated carbocycles. The molecule has 1 aromatic rings. The third-order valence-corrected chi connectivity index (χ3v) is 4.31. The Morgan fingerprint density at radius 1 is 1.42 bits per heavy atom. The number of halogens is 2. The second kappa shape index (κ2) is 5.39. The molecule has 102 valence electrons. The van der Waals surface area contributed by atoms with Crippen molar-refractivity contribution in [3.05, 3.63) is 33.8 Å². The number of carbonyl (C=O) groups excluding carboxylic acids is 1. The molecule has 0 aliphatic carbocycles. The summed E-state index contributed by atoms with van der Waals surface area (Å²) in [4.78, 5) is 24.6. The molecule has 0 radical (unpaired) electrons. The van der Waals surface area contributed by atoms with E-state index >= 15 is 0 Å². The number of aliphatic carboxylic acids is 1. The Balaban J connectivity index is 2.50. The van der Waals surface area contributed by atoms with E-state index in [1.165, 1.54) is 4.90 Å². The minimum Gasteiger partial charge on any atom is -0.481 e. The van der Waals surface area contributed by atoms with Crippen LogP contribution in [0.25, 0.3) is 0 Å². The first kappa shape index (κ1) is 14.2. The highest BCUT2D eigenvalue weighted by Gasteiger charge is 2.39. The van der Waals surface area contributed by atoms with Gasteiger partial charge in [0, 0.05) is 13.5 Å². The van der Waals surface area contributed by atoms with Crippen LogP contribution < -0.4 is 0 Å². The maximum absolute atomic E-state index is 11.8. The fourth-order valence-corrected chi connectivity index (χ4v) is 2.89. The lowest BCUT2D eigenvalue weighted by atomic mass is 9.84. The molecule has 1 N–H and O–H groups in total. The van der Waals surface area contributed by atoms with E-state index in [1.807, 2.05) is 0 Å². The van der Waals surface area contributed by atoms with Crippen LogP contribution in [-0.4, -0.2) is 28.9 Å². The number of hydrogen-bond acceptors (Lipinski definition) is 2. The predicted molar refractivity (Wildman–Crippen MR) is 72.3 cm³/mol. The van der Waals surface area contributed by atoms with Crippen LogP contribution in [0.2, 0.25) is 10.0 Å². The van der Waals surface area contributed by atoms with E-state index in [4.69, 9.17) is 23.2 Å². The smallest absolute Gasteiger partial charge is 0.308 e. The quantitative estimate of drug-likeness (QED) is 0.913. The molecule has 1 aromatic carbocycles. The second-order valence-corrected chi connectivity index (χ2v) is 5.36. The molecular formula is C13H13Cl2NO3. The summed E-state index contributed by atoms with van der Waals surface area (Å²) < 4.78 is 0. The van der Waals surface area contributed by atoms with E-state index in [-0.39, 0.29) is 12.3 Å². The standard InChI is InChI=1S/C13H13Cl2NO3/c1-16-10(17)6-5-8(13(18)19)12(16)7-3-2-4-9(14)11(7)15/h2-4,8,12H,5-6H2,1H3,(H,18,19). The van der Waals surface area contributed by atoms with Crippen LogP contribution >= 0.6 is 23.2 Å². The van der Waals surface area contributed by atoms with Gasteiger partial charge in [0.05, 0.1) is 22.0 Å². The molecule has 2 rings (SSSR count). The summed E-state index contributed by atoms with van der Waals surface area (Å²) in [5.41, 5.74) is 0.581. The van der Waals surface area contributed by atoms with Crippen molar-refractivity contribution in [2.45, 2.75) is 18.9 Å². The Morgan fingerprint density at radius 2 is 2.11 bits per heavy atom. The summed E-state index contributed by atoms with van der Waals surface area (Å²) in [6.45, 7) is 0. The molecule has 2 atom stereocenters. The van der Waals surface area contributed by atoms with Crippen LogP contribution in [0.5, 0.6) is 0 Å². The summed E-state index contributed by atoms with van der Waals surface area (Å²) in [5.74, 6) is -1.68. The minimum atomic E-state index is -0.930. The number of likely N-dealkylation sites (tertiary alicyclic amines) is 1. The van der Waals surface area contributed by atoms with Crippen LogP contribution in [0, 0.1) is 5.92 Å². The van der Waals surface area contributed by atoms with Gasteiger partial charge in [-0.3, -0.25) is 9.59 Å². The van der Waals surface area contributed by atoms with Crippen LogP contribution in [-0.2, 0) is 9.59 Å². The van der Waals surface area contributed by atoms with Gasteiger partial charge in [-0.05, 0) is 18.1 Å². The largest absolute Gasteiger partial charge is 0.481 e. The van der Waals surface area contributed by atoms with E-state index in [1.54, 1.807) is 25.2 Å². The van der Waals surface area contributed by atoms with Gasteiger partial charge in [-0.1, -0.05) is 35.3 Å². The normalized spacial score (nSPS) is 23.5. The highest BCUT2D eigenvalue weighted by Crippen LogP contribution is 2.40. The van der Waals surface area contributed by atoms with Crippen molar-refractivity contribution in [1.29, 1.82) is 0 Å². The number of hydrogen-bond donors (Lipinski definition) is 1. The number of benzene rings is 1. The molecule has 1 heterocycles. The van der Waals surface area contributed by atoms with E-state index in [0.29, 0.717) is 22.0 Å². The van der Waals surface area contributed by atoms with Crippen molar-refractivity contribution in [2.75, 3.05) is 7.05 Å². The number of amides is 1. The Labute approximate surface area is 120 Å². The molecule has 1 fully saturated rings. The van der Waals surface area contributed by atoms with Gasteiger partial charge in [0.2, 0.25) is 5.91 Å². The summed E-state index contributed by atoms with van der Waals surface area (Å²) >= 11 is 12.1. The number of rotatable bonds is 2. The van der Waals surface area contributed by atoms with Crippen molar-refractivity contribution >= 4 is 35.1 Å². The summed E-state index contributed by atoms with van der Waals surface area (Å²) in [6.07, 6.45) is 0.550. The number of carbonyl (C=O) groups is 2. The average molecular weight is 302 g/mol. The maximum Gasteiger partial charge on any atom is 0.308 e. The van der Waals surface area contributed by atoms with E-state index in [9.17, 15) is 14.7 Å². The van der Waals surface area contributed by atoms with Crippen molar-refractivity contribution in [3.8, 4) is 0 Å². The first-order valence-corrected chi connectivity index (χ1v) is 6.61. The highest BCUT2D eigenvalue weighted by molar-refractivity contribution is 6.42. The van der Waals surface area contributed by atoms with Crippen LogP contribution in [0.4, 0.5) is 0 Å². The zero-order valence-electron chi connectivity index (χ0n) is 10.3. The average Bonchev–Trinajstić information content (AvgIpc) is 2.36. The van der Waals surface area contributed by atoms with Gasteiger partial charge < -0.3 is 10.0 Å². The van der Waals surface area contributed by atoms with E-state index in [0.717, 1.165) is 0 Å². The number of piperidine rings is 1. The number of carboxylic acids is 1. The van der Waals surface area contributed by atoms with Crippen LogP contribution in [0.15, 0.2) is 18.2 Å². The van der Waals surface area contributed by atoms with Crippen molar-refractivity contribution in [1.82, 2.24) is 4.90 Å². The van der Waals surface area contributed by atoms with Gasteiger partial charge in [-0.15, -0.1) is 0 Å². The zero-order valence-corrected chi connectivity index (χ0v) is 11.8. The number of nitrogens with zero attached hydrogens (tertiary/aromatic N) is 1. The first-order chi connectivity index (χ1) is 8.93. The molecule has 19 heavy (non-hydrogen) atoms. The van der Waals surface area contributed by atoms with Crippen molar-refractivity contribution in [2.24, 2.45) is 5.92 Å². The van der Waals surface area contributed by atoms with Gasteiger partial charge in [0.1, 0.15) is 0 Å². The SMILES string of the molecule is CN1C(=O)CCC(C(=O)O)C1c1cccc(Cl)c1Cl. The molecule has 2 unspecified atom stereocenters. The lowest BCUT2D eigenvalue weighted by Crippen LogP contribution is -2.43. The maximum atomic E-state index is 11.8. The number of carboxylic acid groups (broad SMARTS) is 1. The topological polar surface area (TPSA) is 57.6 Å². The van der Waals surface area contributed by atoms with Gasteiger partial charge in [-0.25, -0.2) is 0 Å². The Hall–Kier alpha value is -1.26. The molecule has 0 spiro atoms. The molecule has 1 saturated heterocycles. The third kappa shape index (κ3) is 2.55. The predicted octanol–water partition coefficient (Wildman–Crippen LogP) is 2.99. The van der Waals surface area contributed by atoms with E-state index in [2.05, 4.69) is 0 Å². The van der Waals surface area contributed by atoms with Gasteiger partial charge in [0.15, 0.2) is 0 Å². The second-order valence-electron chi connectivity index (χ2n) is 4.58. The summed E-state index contributed by atoms with van der Waals surface area (Å²) in [7, 11) is 1.60. The highest BCUT2D eigenvalue weighted by atomic mass is 35.5. The molecular weight excluding hydrogens is 289 g/mol. The molecule has 1 aliphatic heterocycles. The third-order valence-electron chi connectivity index (χ3n) is 3.48. The minimum absolute atomic E-state index is 0.0847. The van der Waals surface area contributed by atoms with E-state index < -0.39 is 17.9 Å². The van der Waals surface area contributed by atoms with Crippen LogP contribution in [0.3, 0.4) is 0 Å². The van der Waals surface area contributed by atoms with Crippen molar-refractivity contribution in [3.63, 3.8) is 0 Å². The Morgan fingerprint density at radius 3 is 2.74 bits per heavy atom. The lowest BCUT2D eigenvalue weighted by Gasteiger charge is -2.37. The molecule has 6 heteroatoms. The van der Waals surface area contributed by atoms with Gasteiger partial charge in [0.25, 0.3) is 0 Å². The molecule has 1 aliphatic rings. The summed E-state index contributed by atoms with van der Waals surface area (Å²) in [5, 5.41) is 9.98. The Kier molecular flexibility index (Phi) is 4.02. The fraction of sp³-hybridized carbons (Fsp3) is 0.385. The van der Waals surface area contributed by atoms with Crippen molar-refractivity contribution < 1.29 is 14.7 Å². The van der Waals surface area contributed by atoms with Gasteiger partial charge in [-0.2, -0.15) is 0 Å². The van der Waals surface area contributed by atoms with Gasteiger partial charge >= 0.3 is 5.97 Å². The molecule has 0 bridgehead atoms. The zero-order chi connectivity index (χ0) is 14.2. The molecule has 1 amide bonds. The first-order valence-electron chi connectivity index (χ1n) is 5.86. The Bertz CT molecular complexity index is 533. The van der Waals surface area contributed by atoms with Crippen LogP contribution in [0.1, 0.15) is 24.4 Å². The monoisotopic (exact) mass is 301 g/mol.